The molecule has 0 aliphatic heterocycles. The van der Waals surface area contributed by atoms with Gasteiger partial charge in [0, 0.05) is 5.56 Å². The van der Waals surface area contributed by atoms with E-state index in [0.29, 0.717) is 0 Å². The summed E-state index contributed by atoms with van der Waals surface area (Å²) in [6.07, 6.45) is 6.63. The van der Waals surface area contributed by atoms with Gasteiger partial charge < -0.3 is 0 Å². The van der Waals surface area contributed by atoms with Gasteiger partial charge in [-0.1, -0.05) is 17.3 Å². The fraction of sp³-hybridized carbons (Fsp3) is 0.357. The molecule has 1 heterocycles. The van der Waals surface area contributed by atoms with Crippen molar-refractivity contribution in [3.63, 3.8) is 0 Å². The van der Waals surface area contributed by atoms with Gasteiger partial charge >= 0.3 is 0 Å². The minimum absolute atomic E-state index is 0.242. The Morgan fingerprint density at radius 1 is 1.22 bits per heavy atom. The van der Waals surface area contributed by atoms with Crippen LogP contribution in [0.2, 0.25) is 0 Å². The average molecular weight is 238 g/mol. The zero-order valence-electron chi connectivity index (χ0n) is 10.1. The molecule has 0 radical (unpaired) electrons. The van der Waals surface area contributed by atoms with Crippen LogP contribution in [0.25, 0.3) is 11.3 Å². The maximum absolute atomic E-state index is 8.76. The molecule has 0 N–H and O–H groups in total. The summed E-state index contributed by atoms with van der Waals surface area (Å²) in [7, 11) is 0. The van der Waals surface area contributed by atoms with E-state index in [1.54, 1.807) is 10.9 Å². The third-order valence-corrected chi connectivity index (χ3v) is 3.48. The van der Waals surface area contributed by atoms with Crippen LogP contribution >= 0.6 is 0 Å². The number of aromatic nitrogens is 3. The number of hydrogen-bond acceptors (Lipinski definition) is 3. The van der Waals surface area contributed by atoms with Gasteiger partial charge in [0.25, 0.3) is 0 Å². The highest BCUT2D eigenvalue weighted by Crippen LogP contribution is 2.26. The second-order valence-electron chi connectivity index (χ2n) is 4.63. The quantitative estimate of drug-likeness (QED) is 0.807. The van der Waals surface area contributed by atoms with Crippen LogP contribution in [0, 0.1) is 11.3 Å². The normalized spacial score (nSPS) is 13.9. The Balaban J connectivity index is 2.01. The lowest BCUT2D eigenvalue weighted by Gasteiger charge is -2.16. The Kier molecular flexibility index (Phi) is 2.81. The molecular weight excluding hydrogens is 224 g/mol. The maximum atomic E-state index is 8.76. The summed E-state index contributed by atoms with van der Waals surface area (Å²) >= 11 is 0. The van der Waals surface area contributed by atoms with E-state index in [0.717, 1.165) is 17.7 Å². The summed E-state index contributed by atoms with van der Waals surface area (Å²) in [6, 6.07) is 8.64. The first kappa shape index (κ1) is 11.0. The first-order chi connectivity index (χ1) is 8.88. The molecule has 1 aromatic carbocycles. The van der Waals surface area contributed by atoms with Crippen molar-refractivity contribution in [2.45, 2.75) is 32.2 Å². The van der Waals surface area contributed by atoms with Crippen LogP contribution in [-0.2, 0) is 19.4 Å². The fourth-order valence-corrected chi connectivity index (χ4v) is 2.56. The van der Waals surface area contributed by atoms with Gasteiger partial charge in [-0.2, -0.15) is 5.26 Å². The molecule has 2 aromatic rings. The average Bonchev–Trinajstić information content (AvgIpc) is 2.87. The Labute approximate surface area is 106 Å². The summed E-state index contributed by atoms with van der Waals surface area (Å²) in [5, 5.41) is 16.6. The molecule has 4 nitrogen and oxygen atoms in total. The molecule has 0 fully saturated rings. The summed E-state index contributed by atoms with van der Waals surface area (Å²) < 4.78 is 1.64. The van der Waals surface area contributed by atoms with Gasteiger partial charge in [-0.05, 0) is 42.9 Å². The molecule has 90 valence electrons. The molecule has 0 saturated heterocycles. The molecule has 0 spiro atoms. The van der Waals surface area contributed by atoms with Gasteiger partial charge in [-0.3, -0.25) is 0 Å². The predicted octanol–water partition coefficient (Wildman–Crippen LogP) is 2.35. The third-order valence-electron chi connectivity index (χ3n) is 3.48. The Hall–Kier alpha value is -2.15. The molecule has 1 aliphatic carbocycles. The first-order valence-electron chi connectivity index (χ1n) is 6.26. The topological polar surface area (TPSA) is 54.5 Å². The molecule has 18 heavy (non-hydrogen) atoms. The second kappa shape index (κ2) is 4.61. The Morgan fingerprint density at radius 3 is 2.89 bits per heavy atom. The van der Waals surface area contributed by atoms with Crippen LogP contribution in [0.4, 0.5) is 0 Å². The zero-order valence-corrected chi connectivity index (χ0v) is 10.1. The standard InChI is InChI=1S/C14H14N4/c15-7-8-18-14(10-16-17-18)13-6-5-11-3-1-2-4-12(11)9-13/h5-6,9-10H,1-4,8H2. The molecular formula is C14H14N4. The smallest absolute Gasteiger partial charge is 0.130 e. The molecule has 1 aromatic heterocycles. The molecule has 3 rings (SSSR count). The van der Waals surface area contributed by atoms with Crippen LogP contribution in [0.5, 0.6) is 0 Å². The van der Waals surface area contributed by atoms with E-state index < -0.39 is 0 Å². The van der Waals surface area contributed by atoms with E-state index >= 15 is 0 Å². The van der Waals surface area contributed by atoms with Crippen molar-refractivity contribution < 1.29 is 0 Å². The third kappa shape index (κ3) is 1.88. The minimum atomic E-state index is 0.242. The molecule has 0 unspecified atom stereocenters. The van der Waals surface area contributed by atoms with Crippen LogP contribution in [0.3, 0.4) is 0 Å². The largest absolute Gasteiger partial charge is 0.231 e. The number of rotatable bonds is 2. The highest BCUT2D eigenvalue weighted by molar-refractivity contribution is 5.60. The van der Waals surface area contributed by atoms with E-state index in [2.05, 4.69) is 34.6 Å². The molecule has 0 bridgehead atoms. The molecule has 4 heteroatoms. The van der Waals surface area contributed by atoms with Crippen molar-refractivity contribution >= 4 is 0 Å². The van der Waals surface area contributed by atoms with E-state index in [4.69, 9.17) is 5.26 Å². The molecule has 0 amide bonds. The summed E-state index contributed by atoms with van der Waals surface area (Å²) in [6.45, 7) is 0.242. The van der Waals surface area contributed by atoms with Gasteiger partial charge in [-0.25, -0.2) is 4.68 Å². The van der Waals surface area contributed by atoms with Crippen LogP contribution < -0.4 is 0 Å². The lowest BCUT2D eigenvalue weighted by atomic mass is 9.90. The van der Waals surface area contributed by atoms with E-state index in [9.17, 15) is 0 Å². The highest BCUT2D eigenvalue weighted by atomic mass is 15.4. The van der Waals surface area contributed by atoms with Crippen molar-refractivity contribution in [3.8, 4) is 17.3 Å². The number of hydrogen-bond donors (Lipinski definition) is 0. The van der Waals surface area contributed by atoms with Gasteiger partial charge in [0.15, 0.2) is 0 Å². The van der Waals surface area contributed by atoms with Crippen LogP contribution in [0.1, 0.15) is 24.0 Å². The first-order valence-corrected chi connectivity index (χ1v) is 6.26. The molecule has 1 aliphatic rings. The molecule has 0 atom stereocenters. The summed E-state index contributed by atoms with van der Waals surface area (Å²) in [4.78, 5) is 0. The fourth-order valence-electron chi connectivity index (χ4n) is 2.56. The summed E-state index contributed by atoms with van der Waals surface area (Å²) in [5.41, 5.74) is 4.92. The van der Waals surface area contributed by atoms with Crippen molar-refractivity contribution in [3.05, 3.63) is 35.5 Å². The van der Waals surface area contributed by atoms with Crippen molar-refractivity contribution in [2.75, 3.05) is 0 Å². The van der Waals surface area contributed by atoms with Gasteiger partial charge in [0.05, 0.1) is 18.0 Å². The molecule has 0 saturated carbocycles. The van der Waals surface area contributed by atoms with Gasteiger partial charge in [0.1, 0.15) is 6.54 Å². The number of nitriles is 1. The number of aryl methyl sites for hydroxylation is 2. The van der Waals surface area contributed by atoms with Gasteiger partial charge in [-0.15, -0.1) is 5.10 Å². The van der Waals surface area contributed by atoms with Crippen molar-refractivity contribution in [1.29, 1.82) is 5.26 Å². The number of benzene rings is 1. The number of nitrogens with zero attached hydrogens (tertiary/aromatic N) is 4. The number of fused-ring (bicyclic) bond motifs is 1. The van der Waals surface area contributed by atoms with Crippen LogP contribution in [0.15, 0.2) is 24.4 Å². The summed E-state index contributed by atoms with van der Waals surface area (Å²) in [5.74, 6) is 0. The Morgan fingerprint density at radius 2 is 2.06 bits per heavy atom. The lowest BCUT2D eigenvalue weighted by molar-refractivity contribution is 0.672. The second-order valence-corrected chi connectivity index (χ2v) is 4.63. The Bertz CT molecular complexity index is 606. The monoisotopic (exact) mass is 238 g/mol. The van der Waals surface area contributed by atoms with Crippen molar-refractivity contribution in [1.82, 2.24) is 15.0 Å². The van der Waals surface area contributed by atoms with Crippen molar-refractivity contribution in [2.24, 2.45) is 0 Å². The zero-order chi connectivity index (χ0) is 12.4. The van der Waals surface area contributed by atoms with E-state index in [1.165, 1.54) is 30.4 Å². The SMILES string of the molecule is N#CCn1nncc1-c1ccc2c(c1)CCCC2. The lowest BCUT2D eigenvalue weighted by Crippen LogP contribution is -2.04. The minimum Gasteiger partial charge on any atom is -0.231 e. The highest BCUT2D eigenvalue weighted by Gasteiger charge is 2.12. The predicted molar refractivity (Wildman–Crippen MR) is 67.7 cm³/mol. The van der Waals surface area contributed by atoms with E-state index in [1.807, 2.05) is 0 Å². The van der Waals surface area contributed by atoms with Crippen LogP contribution in [-0.4, -0.2) is 15.0 Å². The van der Waals surface area contributed by atoms with Gasteiger partial charge in [0.2, 0.25) is 0 Å². The maximum Gasteiger partial charge on any atom is 0.130 e. The van der Waals surface area contributed by atoms with E-state index in [-0.39, 0.29) is 6.54 Å².